The molecule has 1 heterocycles. The van der Waals surface area contributed by atoms with E-state index >= 15 is 0 Å². The molecule has 0 saturated carbocycles. The summed E-state index contributed by atoms with van der Waals surface area (Å²) in [5, 5.41) is 0. The van der Waals surface area contributed by atoms with Gasteiger partial charge in [-0.15, -0.1) is 0 Å². The zero-order valence-corrected chi connectivity index (χ0v) is 11.0. The summed E-state index contributed by atoms with van der Waals surface area (Å²) in [6, 6.07) is 0. The van der Waals surface area contributed by atoms with E-state index < -0.39 is 8.07 Å². The highest BCUT2D eigenvalue weighted by Crippen LogP contribution is 2.25. The van der Waals surface area contributed by atoms with E-state index in [1.165, 1.54) is 12.8 Å². The molecule has 1 fully saturated rings. The van der Waals surface area contributed by atoms with E-state index in [1.807, 2.05) is 0 Å². The van der Waals surface area contributed by atoms with Crippen molar-refractivity contribution < 1.29 is 9.47 Å². The van der Waals surface area contributed by atoms with Crippen LogP contribution in [0.1, 0.15) is 19.8 Å². The van der Waals surface area contributed by atoms with E-state index in [0.717, 1.165) is 25.4 Å². The molecular formula is C11H24O2Si. The zero-order chi connectivity index (χ0) is 10.6. The SMILES string of the molecule is CC(CCCOCC1CO1)[Si](C)(C)C. The maximum absolute atomic E-state index is 5.51. The van der Waals surface area contributed by atoms with Gasteiger partial charge in [-0.1, -0.05) is 33.0 Å². The molecule has 1 saturated heterocycles. The maximum Gasteiger partial charge on any atom is 0.104 e. The average Bonchev–Trinajstić information content (AvgIpc) is 2.85. The van der Waals surface area contributed by atoms with Crippen LogP contribution >= 0.6 is 0 Å². The van der Waals surface area contributed by atoms with Crippen LogP contribution < -0.4 is 0 Å². The van der Waals surface area contributed by atoms with Crippen molar-refractivity contribution in [2.24, 2.45) is 0 Å². The van der Waals surface area contributed by atoms with Crippen LogP contribution in [0.15, 0.2) is 0 Å². The number of ether oxygens (including phenoxy) is 2. The fraction of sp³-hybridized carbons (Fsp3) is 1.00. The average molecular weight is 216 g/mol. The predicted octanol–water partition coefficient (Wildman–Crippen LogP) is 2.91. The topological polar surface area (TPSA) is 21.8 Å². The largest absolute Gasteiger partial charge is 0.379 e. The first-order chi connectivity index (χ1) is 6.50. The van der Waals surface area contributed by atoms with Crippen molar-refractivity contribution >= 4 is 8.07 Å². The molecule has 0 radical (unpaired) electrons. The van der Waals surface area contributed by atoms with Gasteiger partial charge in [-0.3, -0.25) is 0 Å². The standard InChI is InChI=1S/C11H24O2Si/c1-10(14(2,3)4)6-5-7-12-8-11-9-13-11/h10-11H,5-9H2,1-4H3. The third-order valence-electron chi connectivity index (χ3n) is 3.11. The molecule has 1 aliphatic heterocycles. The van der Waals surface area contributed by atoms with Crippen molar-refractivity contribution in [3.05, 3.63) is 0 Å². The first kappa shape index (κ1) is 12.2. The van der Waals surface area contributed by atoms with Gasteiger partial charge in [0, 0.05) is 14.7 Å². The summed E-state index contributed by atoms with van der Waals surface area (Å²) in [5.74, 6) is 0. The Kier molecular flexibility index (Phi) is 4.61. The second-order valence-electron chi connectivity index (χ2n) is 5.44. The minimum atomic E-state index is -0.911. The lowest BCUT2D eigenvalue weighted by atomic mass is 10.2. The molecule has 84 valence electrons. The molecule has 0 amide bonds. The molecule has 2 nitrogen and oxygen atoms in total. The van der Waals surface area contributed by atoms with Crippen molar-refractivity contribution in [1.29, 1.82) is 0 Å². The molecule has 0 spiro atoms. The van der Waals surface area contributed by atoms with Gasteiger partial charge >= 0.3 is 0 Å². The maximum atomic E-state index is 5.51. The van der Waals surface area contributed by atoms with Crippen LogP contribution in [0.4, 0.5) is 0 Å². The third-order valence-corrected chi connectivity index (χ3v) is 6.36. The van der Waals surface area contributed by atoms with E-state index in [2.05, 4.69) is 26.6 Å². The number of rotatable bonds is 7. The van der Waals surface area contributed by atoms with E-state index in [4.69, 9.17) is 9.47 Å². The molecule has 14 heavy (non-hydrogen) atoms. The molecule has 0 bridgehead atoms. The molecule has 1 aliphatic rings. The summed E-state index contributed by atoms with van der Waals surface area (Å²) in [4.78, 5) is 0. The molecule has 2 atom stereocenters. The quantitative estimate of drug-likeness (QED) is 0.371. The van der Waals surface area contributed by atoms with E-state index in [1.54, 1.807) is 0 Å². The molecule has 3 heteroatoms. The Bertz CT molecular complexity index is 161. The highest BCUT2D eigenvalue weighted by atomic mass is 28.3. The Morgan fingerprint density at radius 3 is 2.57 bits per heavy atom. The van der Waals surface area contributed by atoms with Crippen LogP contribution in [0.5, 0.6) is 0 Å². The number of hydrogen-bond acceptors (Lipinski definition) is 2. The van der Waals surface area contributed by atoms with Crippen molar-refractivity contribution in [2.45, 2.75) is 51.1 Å². The molecule has 0 aromatic rings. The second-order valence-corrected chi connectivity index (χ2v) is 11.2. The Morgan fingerprint density at radius 2 is 2.07 bits per heavy atom. The first-order valence-corrected chi connectivity index (χ1v) is 9.27. The highest BCUT2D eigenvalue weighted by molar-refractivity contribution is 6.77. The Hall–Kier alpha value is 0.137. The molecule has 0 aromatic heterocycles. The van der Waals surface area contributed by atoms with Gasteiger partial charge in [0.2, 0.25) is 0 Å². The van der Waals surface area contributed by atoms with Gasteiger partial charge in [0.05, 0.1) is 13.2 Å². The van der Waals surface area contributed by atoms with Crippen molar-refractivity contribution in [3.63, 3.8) is 0 Å². The fourth-order valence-electron chi connectivity index (χ4n) is 1.30. The highest BCUT2D eigenvalue weighted by Gasteiger charge is 2.23. The lowest BCUT2D eigenvalue weighted by Gasteiger charge is -2.24. The minimum absolute atomic E-state index is 0.421. The Balaban J connectivity index is 1.91. The summed E-state index contributed by atoms with van der Waals surface area (Å²) in [6.07, 6.45) is 2.95. The van der Waals surface area contributed by atoms with Crippen LogP contribution in [-0.2, 0) is 9.47 Å². The molecule has 0 N–H and O–H groups in total. The van der Waals surface area contributed by atoms with E-state index in [0.29, 0.717) is 6.10 Å². The van der Waals surface area contributed by atoms with Crippen molar-refractivity contribution in [3.8, 4) is 0 Å². The van der Waals surface area contributed by atoms with Gasteiger partial charge in [-0.2, -0.15) is 0 Å². The van der Waals surface area contributed by atoms with Crippen LogP contribution in [0.2, 0.25) is 25.2 Å². The first-order valence-electron chi connectivity index (χ1n) is 5.69. The van der Waals surface area contributed by atoms with E-state index in [-0.39, 0.29) is 0 Å². The van der Waals surface area contributed by atoms with Crippen LogP contribution in [0.25, 0.3) is 0 Å². The molecule has 1 rings (SSSR count). The zero-order valence-electron chi connectivity index (χ0n) is 10.0. The number of hydrogen-bond donors (Lipinski definition) is 0. The van der Waals surface area contributed by atoms with Gasteiger partial charge in [0.15, 0.2) is 0 Å². The van der Waals surface area contributed by atoms with Gasteiger partial charge in [0.1, 0.15) is 6.10 Å². The van der Waals surface area contributed by atoms with Crippen LogP contribution in [0.3, 0.4) is 0 Å². The third kappa shape index (κ3) is 5.13. The number of epoxide rings is 1. The van der Waals surface area contributed by atoms with Gasteiger partial charge in [-0.05, 0) is 12.0 Å². The van der Waals surface area contributed by atoms with E-state index in [9.17, 15) is 0 Å². The van der Waals surface area contributed by atoms with Crippen molar-refractivity contribution in [2.75, 3.05) is 19.8 Å². The Morgan fingerprint density at radius 1 is 1.43 bits per heavy atom. The second kappa shape index (κ2) is 5.28. The summed E-state index contributed by atoms with van der Waals surface area (Å²) >= 11 is 0. The molecule has 0 aromatic carbocycles. The lowest BCUT2D eigenvalue weighted by Crippen LogP contribution is -2.26. The molecular weight excluding hydrogens is 192 g/mol. The van der Waals surface area contributed by atoms with Gasteiger partial charge in [-0.25, -0.2) is 0 Å². The monoisotopic (exact) mass is 216 g/mol. The molecule has 2 unspecified atom stereocenters. The summed E-state index contributed by atoms with van der Waals surface area (Å²) < 4.78 is 10.6. The summed E-state index contributed by atoms with van der Waals surface area (Å²) in [5.41, 5.74) is 0.906. The summed E-state index contributed by atoms with van der Waals surface area (Å²) in [6.45, 7) is 12.3. The normalized spacial score (nSPS) is 23.6. The lowest BCUT2D eigenvalue weighted by molar-refractivity contribution is 0.113. The van der Waals surface area contributed by atoms with Gasteiger partial charge in [0.25, 0.3) is 0 Å². The fourth-order valence-corrected chi connectivity index (χ4v) is 2.37. The summed E-state index contributed by atoms with van der Waals surface area (Å²) in [7, 11) is -0.911. The smallest absolute Gasteiger partial charge is 0.104 e. The van der Waals surface area contributed by atoms with Crippen LogP contribution in [-0.4, -0.2) is 34.0 Å². The van der Waals surface area contributed by atoms with Crippen molar-refractivity contribution in [1.82, 2.24) is 0 Å². The predicted molar refractivity (Wildman–Crippen MR) is 62.6 cm³/mol. The molecule has 0 aliphatic carbocycles. The minimum Gasteiger partial charge on any atom is -0.379 e. The Labute approximate surface area is 89.0 Å². The van der Waals surface area contributed by atoms with Gasteiger partial charge < -0.3 is 9.47 Å². The van der Waals surface area contributed by atoms with Crippen LogP contribution in [0, 0.1) is 0 Å².